The van der Waals surface area contributed by atoms with Crippen molar-refractivity contribution in [3.63, 3.8) is 0 Å². The minimum Gasteiger partial charge on any atom is -0.466 e. The van der Waals surface area contributed by atoms with Crippen molar-refractivity contribution in [1.82, 2.24) is 30.2 Å². The number of aromatic nitrogens is 5. The fraction of sp³-hybridized carbons (Fsp3) is 0.345. The molecule has 0 atom stereocenters. The Morgan fingerprint density at radius 3 is 2.54 bits per heavy atom. The second-order valence-corrected chi connectivity index (χ2v) is 10.7. The summed E-state index contributed by atoms with van der Waals surface area (Å²) in [6.45, 7) is 9.70. The Labute approximate surface area is 242 Å². The largest absolute Gasteiger partial charge is 0.466 e. The molecule has 212 valence electrons. The maximum Gasteiger partial charge on any atom is 0.321 e. The van der Waals surface area contributed by atoms with Gasteiger partial charge in [-0.05, 0) is 50.8 Å². The van der Waals surface area contributed by atoms with Crippen molar-refractivity contribution >= 4 is 44.6 Å². The van der Waals surface area contributed by atoms with E-state index >= 15 is 0 Å². The van der Waals surface area contributed by atoms with Crippen molar-refractivity contribution < 1.29 is 14.3 Å². The molecule has 0 radical (unpaired) electrons. The Balaban J connectivity index is 1.41. The molecule has 11 nitrogen and oxygen atoms in total. The number of rotatable bonds is 9. The molecule has 1 aliphatic rings. The van der Waals surface area contributed by atoms with Crippen LogP contribution < -0.4 is 15.5 Å². The van der Waals surface area contributed by atoms with Gasteiger partial charge in [-0.25, -0.2) is 19.7 Å². The first-order chi connectivity index (χ1) is 20.0. The zero-order chi connectivity index (χ0) is 28.8. The second kappa shape index (κ2) is 12.4. The third-order valence-corrected chi connectivity index (χ3v) is 8.13. The summed E-state index contributed by atoms with van der Waals surface area (Å²) in [5, 5.41) is 6.01. The topological polar surface area (TPSA) is 135 Å². The summed E-state index contributed by atoms with van der Waals surface area (Å²) in [5.41, 5.74) is 3.41. The predicted octanol–water partition coefficient (Wildman–Crippen LogP) is 5.08. The van der Waals surface area contributed by atoms with Gasteiger partial charge in [-0.3, -0.25) is 20.1 Å². The zero-order valence-electron chi connectivity index (χ0n) is 23.1. The van der Waals surface area contributed by atoms with Crippen LogP contribution in [0.2, 0.25) is 0 Å². The van der Waals surface area contributed by atoms with E-state index in [4.69, 9.17) is 4.74 Å². The number of carbonyl (C=O) groups excluding carboxylic acids is 2. The number of urea groups is 1. The van der Waals surface area contributed by atoms with Gasteiger partial charge in [-0.2, -0.15) is 0 Å². The van der Waals surface area contributed by atoms with Crippen LogP contribution in [-0.2, 0) is 9.53 Å². The number of hydrogen-bond acceptors (Lipinski definition) is 10. The van der Waals surface area contributed by atoms with Crippen molar-refractivity contribution in [3.05, 3.63) is 55.8 Å². The number of allylic oxidation sites excluding steroid dienone is 1. The molecule has 0 spiro atoms. The number of amides is 2. The molecule has 0 unspecified atom stereocenters. The van der Waals surface area contributed by atoms with Crippen molar-refractivity contribution in [2.24, 2.45) is 5.41 Å². The number of piperidine rings is 1. The Kier molecular flexibility index (Phi) is 8.48. The highest BCUT2D eigenvalue weighted by Gasteiger charge is 2.42. The number of carbonyl (C=O) groups is 2. The van der Waals surface area contributed by atoms with E-state index in [1.807, 2.05) is 26.0 Å². The third kappa shape index (κ3) is 6.02. The van der Waals surface area contributed by atoms with Gasteiger partial charge in [-0.15, -0.1) is 6.58 Å². The van der Waals surface area contributed by atoms with Gasteiger partial charge in [-0.1, -0.05) is 17.4 Å². The van der Waals surface area contributed by atoms with E-state index in [0.717, 1.165) is 26.9 Å². The highest BCUT2D eigenvalue weighted by molar-refractivity contribution is 7.22. The van der Waals surface area contributed by atoms with E-state index in [2.05, 4.69) is 47.0 Å². The first kappa shape index (κ1) is 28.1. The van der Waals surface area contributed by atoms with Crippen LogP contribution in [0.3, 0.4) is 0 Å². The zero-order valence-corrected chi connectivity index (χ0v) is 23.9. The van der Waals surface area contributed by atoms with Crippen molar-refractivity contribution in [2.45, 2.75) is 33.1 Å². The van der Waals surface area contributed by atoms with Crippen molar-refractivity contribution in [3.8, 4) is 22.4 Å². The Bertz CT molecular complexity index is 1530. The Morgan fingerprint density at radius 1 is 1.10 bits per heavy atom. The van der Waals surface area contributed by atoms with Crippen LogP contribution in [0.4, 0.5) is 15.9 Å². The molecule has 4 heterocycles. The minimum atomic E-state index is -0.543. The maximum atomic E-state index is 12.7. The summed E-state index contributed by atoms with van der Waals surface area (Å²) in [4.78, 5) is 49.6. The van der Waals surface area contributed by atoms with E-state index in [1.54, 1.807) is 37.1 Å². The van der Waals surface area contributed by atoms with E-state index in [-0.39, 0.29) is 12.0 Å². The molecule has 1 fully saturated rings. The van der Waals surface area contributed by atoms with E-state index in [1.165, 1.54) is 11.3 Å². The SMILES string of the molecule is C=CCC1(C(=O)OCC)CCN(c2ncc(-c3cc(-c4cnccn4)c4sc(NC(=O)NCC)nc4c3)cn2)CC1. The molecule has 5 rings (SSSR count). The number of ether oxygens (including phenoxy) is 1. The fourth-order valence-corrected chi connectivity index (χ4v) is 5.97. The molecule has 1 saturated heterocycles. The van der Waals surface area contributed by atoms with Gasteiger partial charge in [0.05, 0.1) is 34.1 Å². The van der Waals surface area contributed by atoms with Gasteiger partial charge < -0.3 is 15.0 Å². The number of anilines is 2. The van der Waals surface area contributed by atoms with Gasteiger partial charge in [0.1, 0.15) is 0 Å². The highest BCUT2D eigenvalue weighted by Crippen LogP contribution is 2.39. The first-order valence-corrected chi connectivity index (χ1v) is 14.4. The lowest BCUT2D eigenvalue weighted by Gasteiger charge is -2.39. The lowest BCUT2D eigenvalue weighted by atomic mass is 9.75. The predicted molar refractivity (Wildman–Crippen MR) is 160 cm³/mol. The average Bonchev–Trinajstić information content (AvgIpc) is 3.40. The number of thiazole rings is 1. The molecule has 2 amide bonds. The molecule has 4 aromatic rings. The molecule has 2 N–H and O–H groups in total. The Hall–Kier alpha value is -4.45. The van der Waals surface area contributed by atoms with Gasteiger partial charge in [0.25, 0.3) is 0 Å². The molecule has 12 heteroatoms. The first-order valence-electron chi connectivity index (χ1n) is 13.6. The van der Waals surface area contributed by atoms with Gasteiger partial charge in [0.2, 0.25) is 5.95 Å². The number of benzene rings is 1. The standard InChI is InChI=1S/C29H32N8O3S/c1-4-7-29(25(38)40-6-3)8-12-37(13-9-29)26-33-16-20(17-34-26)19-14-21(23-18-30-10-11-32-23)24-22(15-19)35-28(41-24)36-27(39)31-5-2/h4,10-11,14-18H,1,5-9,12-13H2,2-3H3,(H2,31,35,36,39). The third-order valence-electron chi connectivity index (χ3n) is 7.11. The highest BCUT2D eigenvalue weighted by atomic mass is 32.1. The number of nitrogens with one attached hydrogen (secondary N) is 2. The van der Waals surface area contributed by atoms with Crippen LogP contribution in [-0.4, -0.2) is 63.2 Å². The summed E-state index contributed by atoms with van der Waals surface area (Å²) < 4.78 is 6.26. The quantitative estimate of drug-likeness (QED) is 0.208. The van der Waals surface area contributed by atoms with E-state index in [9.17, 15) is 9.59 Å². The second-order valence-electron chi connectivity index (χ2n) is 9.72. The van der Waals surface area contributed by atoms with E-state index in [0.29, 0.717) is 62.3 Å². The van der Waals surface area contributed by atoms with Gasteiger partial charge in [0.15, 0.2) is 5.13 Å². The van der Waals surface area contributed by atoms with Crippen LogP contribution >= 0.6 is 11.3 Å². The number of fused-ring (bicyclic) bond motifs is 1. The van der Waals surface area contributed by atoms with Crippen molar-refractivity contribution in [2.75, 3.05) is 36.5 Å². The summed E-state index contributed by atoms with van der Waals surface area (Å²) in [5.74, 6) is 0.457. The summed E-state index contributed by atoms with van der Waals surface area (Å²) in [7, 11) is 0. The normalized spacial score (nSPS) is 14.4. The molecule has 0 aliphatic carbocycles. The van der Waals surface area contributed by atoms with Crippen LogP contribution in [0, 0.1) is 5.41 Å². The van der Waals surface area contributed by atoms with Gasteiger partial charge >= 0.3 is 12.0 Å². The lowest BCUT2D eigenvalue weighted by Crippen LogP contribution is -2.45. The maximum absolute atomic E-state index is 12.7. The van der Waals surface area contributed by atoms with Gasteiger partial charge in [0, 0.05) is 55.5 Å². The molecular formula is C29H32N8O3S. The molecular weight excluding hydrogens is 540 g/mol. The number of hydrogen-bond donors (Lipinski definition) is 2. The minimum absolute atomic E-state index is 0.156. The van der Waals surface area contributed by atoms with Crippen LogP contribution in [0.15, 0.2) is 55.8 Å². The number of nitrogens with zero attached hydrogens (tertiary/aromatic N) is 6. The summed E-state index contributed by atoms with van der Waals surface area (Å²) >= 11 is 1.38. The molecule has 0 saturated carbocycles. The number of esters is 1. The molecule has 41 heavy (non-hydrogen) atoms. The summed E-state index contributed by atoms with van der Waals surface area (Å²) in [6, 6.07) is 3.66. The fourth-order valence-electron chi connectivity index (χ4n) is 5.00. The van der Waals surface area contributed by atoms with Crippen LogP contribution in [0.5, 0.6) is 0 Å². The smallest absolute Gasteiger partial charge is 0.321 e. The Morgan fingerprint density at radius 2 is 1.88 bits per heavy atom. The van der Waals surface area contributed by atoms with Crippen LogP contribution in [0.1, 0.15) is 33.1 Å². The monoisotopic (exact) mass is 572 g/mol. The molecule has 0 bridgehead atoms. The molecule has 1 aromatic carbocycles. The molecule has 1 aliphatic heterocycles. The van der Waals surface area contributed by atoms with Crippen molar-refractivity contribution in [1.29, 1.82) is 0 Å². The van der Waals surface area contributed by atoms with Crippen LogP contribution in [0.25, 0.3) is 32.6 Å². The average molecular weight is 573 g/mol. The summed E-state index contributed by atoms with van der Waals surface area (Å²) in [6.07, 6.45) is 12.2. The van der Waals surface area contributed by atoms with E-state index < -0.39 is 5.41 Å². The molecule has 3 aromatic heterocycles. The lowest BCUT2D eigenvalue weighted by molar-refractivity contribution is -0.156.